The highest BCUT2D eigenvalue weighted by atomic mass is 19.4. The van der Waals surface area contributed by atoms with Crippen molar-refractivity contribution < 1.29 is 22.8 Å². The van der Waals surface area contributed by atoms with Crippen molar-refractivity contribution >= 4 is 11.8 Å². The van der Waals surface area contributed by atoms with Crippen LogP contribution in [0.25, 0.3) is 0 Å². The van der Waals surface area contributed by atoms with E-state index in [9.17, 15) is 22.8 Å². The van der Waals surface area contributed by atoms with Crippen LogP contribution >= 0.6 is 0 Å². The van der Waals surface area contributed by atoms with Crippen LogP contribution in [0.3, 0.4) is 0 Å². The molecule has 1 aliphatic heterocycles. The van der Waals surface area contributed by atoms with Gasteiger partial charge in [0, 0.05) is 13.6 Å². The number of hydrogen-bond donors (Lipinski definition) is 2. The third kappa shape index (κ3) is 4.36. The van der Waals surface area contributed by atoms with Gasteiger partial charge < -0.3 is 15.5 Å². The van der Waals surface area contributed by atoms with E-state index in [1.165, 1.54) is 11.9 Å². The smallest absolute Gasteiger partial charge is 0.345 e. The van der Waals surface area contributed by atoms with Gasteiger partial charge in [0.25, 0.3) is 0 Å². The zero-order chi connectivity index (χ0) is 15.4. The largest absolute Gasteiger partial charge is 0.405 e. The zero-order valence-electron chi connectivity index (χ0n) is 11.6. The maximum atomic E-state index is 12.3. The molecule has 0 radical (unpaired) electrons. The maximum absolute atomic E-state index is 12.3. The van der Waals surface area contributed by atoms with Gasteiger partial charge in [0.1, 0.15) is 6.54 Å². The van der Waals surface area contributed by atoms with Crippen LogP contribution in [0.4, 0.5) is 13.2 Å². The maximum Gasteiger partial charge on any atom is 0.405 e. The third-order valence-corrected chi connectivity index (χ3v) is 3.59. The molecule has 0 aromatic rings. The topological polar surface area (TPSA) is 61.4 Å². The zero-order valence-corrected chi connectivity index (χ0v) is 11.6. The predicted molar refractivity (Wildman–Crippen MR) is 66.9 cm³/mol. The first-order valence-electron chi connectivity index (χ1n) is 6.50. The van der Waals surface area contributed by atoms with Crippen molar-refractivity contribution in [2.45, 2.75) is 25.9 Å². The molecule has 1 rings (SSSR count). The first-order valence-corrected chi connectivity index (χ1v) is 6.50. The van der Waals surface area contributed by atoms with Gasteiger partial charge in [-0.05, 0) is 19.4 Å². The van der Waals surface area contributed by atoms with Gasteiger partial charge in [0.2, 0.25) is 11.8 Å². The Morgan fingerprint density at radius 3 is 2.50 bits per heavy atom. The summed E-state index contributed by atoms with van der Waals surface area (Å²) in [6, 6.07) is 0. The lowest BCUT2D eigenvalue weighted by Gasteiger charge is -2.30. The van der Waals surface area contributed by atoms with E-state index in [1.54, 1.807) is 5.32 Å². The van der Waals surface area contributed by atoms with Crippen molar-refractivity contribution in [2.24, 2.45) is 5.41 Å². The Balaban J connectivity index is 2.51. The molecule has 2 N–H and O–H groups in total. The highest BCUT2D eigenvalue weighted by Gasteiger charge is 2.41. The fourth-order valence-electron chi connectivity index (χ4n) is 2.33. The van der Waals surface area contributed by atoms with E-state index < -0.39 is 24.0 Å². The van der Waals surface area contributed by atoms with Gasteiger partial charge in [-0.15, -0.1) is 0 Å². The van der Waals surface area contributed by atoms with E-state index in [-0.39, 0.29) is 12.5 Å². The van der Waals surface area contributed by atoms with E-state index in [2.05, 4.69) is 5.32 Å². The van der Waals surface area contributed by atoms with Crippen LogP contribution in [0.5, 0.6) is 0 Å². The molecule has 116 valence electrons. The Labute approximate surface area is 115 Å². The average molecular weight is 295 g/mol. The van der Waals surface area contributed by atoms with Crippen molar-refractivity contribution in [3.05, 3.63) is 0 Å². The number of rotatable bonds is 5. The van der Waals surface area contributed by atoms with Crippen LogP contribution in [0.2, 0.25) is 0 Å². The fraction of sp³-hybridized carbons (Fsp3) is 0.833. The lowest BCUT2D eigenvalue weighted by atomic mass is 9.83. The molecule has 0 saturated carbocycles. The number of amides is 2. The van der Waals surface area contributed by atoms with Crippen LogP contribution in [0.1, 0.15) is 19.8 Å². The molecular formula is C12H20F3N3O2. The van der Waals surface area contributed by atoms with Gasteiger partial charge >= 0.3 is 6.18 Å². The first-order chi connectivity index (χ1) is 9.20. The normalized spacial score (nSPS) is 22.6. The SMILES string of the molecule is CCC1(C(=O)N(C)CC(=O)NCC(F)(F)F)CCNC1. The quantitative estimate of drug-likeness (QED) is 0.777. The van der Waals surface area contributed by atoms with Crippen LogP contribution in [-0.2, 0) is 9.59 Å². The van der Waals surface area contributed by atoms with E-state index >= 15 is 0 Å². The van der Waals surface area contributed by atoms with Gasteiger partial charge in [0.15, 0.2) is 0 Å². The number of hydrogen-bond acceptors (Lipinski definition) is 3. The first kappa shape index (κ1) is 16.7. The minimum absolute atomic E-state index is 0.202. The Morgan fingerprint density at radius 2 is 2.05 bits per heavy atom. The van der Waals surface area contributed by atoms with E-state index in [0.29, 0.717) is 19.4 Å². The Morgan fingerprint density at radius 1 is 1.40 bits per heavy atom. The second-order valence-electron chi connectivity index (χ2n) is 5.11. The number of nitrogens with zero attached hydrogens (tertiary/aromatic N) is 1. The highest BCUT2D eigenvalue weighted by Crippen LogP contribution is 2.31. The van der Waals surface area contributed by atoms with Crippen molar-refractivity contribution in [2.75, 3.05) is 33.2 Å². The summed E-state index contributed by atoms with van der Waals surface area (Å²) in [7, 11) is 1.44. The van der Waals surface area contributed by atoms with Crippen LogP contribution in [-0.4, -0.2) is 56.1 Å². The number of alkyl halides is 3. The molecule has 20 heavy (non-hydrogen) atoms. The van der Waals surface area contributed by atoms with Crippen molar-refractivity contribution in [1.82, 2.24) is 15.5 Å². The number of carbonyl (C=O) groups excluding carboxylic acids is 2. The van der Waals surface area contributed by atoms with Crippen LogP contribution in [0.15, 0.2) is 0 Å². The van der Waals surface area contributed by atoms with E-state index in [0.717, 1.165) is 6.54 Å². The van der Waals surface area contributed by atoms with Gasteiger partial charge in [-0.3, -0.25) is 9.59 Å². The Hall–Kier alpha value is -1.31. The summed E-state index contributed by atoms with van der Waals surface area (Å²) in [5.74, 6) is -1.01. The minimum Gasteiger partial charge on any atom is -0.345 e. The minimum atomic E-state index is -4.45. The molecule has 0 spiro atoms. The summed E-state index contributed by atoms with van der Waals surface area (Å²) < 4.78 is 35.9. The molecule has 1 fully saturated rings. The standard InChI is InChI=1S/C12H20F3N3O2/c1-3-11(4-5-16-7-11)10(20)18(2)6-9(19)17-8-12(13,14)15/h16H,3-8H2,1-2H3,(H,17,19). The van der Waals surface area contributed by atoms with Crippen molar-refractivity contribution in [3.8, 4) is 0 Å². The monoisotopic (exact) mass is 295 g/mol. The lowest BCUT2D eigenvalue weighted by Crippen LogP contribution is -2.47. The molecule has 1 unspecified atom stereocenters. The van der Waals surface area contributed by atoms with Gasteiger partial charge in [0.05, 0.1) is 12.0 Å². The summed E-state index contributed by atoms with van der Waals surface area (Å²) in [5, 5.41) is 4.86. The molecule has 1 heterocycles. The Kier molecular flexibility index (Phi) is 5.38. The number of nitrogens with one attached hydrogen (secondary N) is 2. The molecule has 0 aromatic heterocycles. The van der Waals surface area contributed by atoms with Gasteiger partial charge in [-0.2, -0.15) is 13.2 Å². The number of carbonyl (C=O) groups is 2. The molecule has 2 amide bonds. The van der Waals surface area contributed by atoms with Crippen molar-refractivity contribution in [3.63, 3.8) is 0 Å². The number of likely N-dealkylation sites (N-methyl/N-ethyl adjacent to an activating group) is 1. The fourth-order valence-corrected chi connectivity index (χ4v) is 2.33. The molecule has 5 nitrogen and oxygen atoms in total. The van der Waals surface area contributed by atoms with Gasteiger partial charge in [-0.25, -0.2) is 0 Å². The summed E-state index contributed by atoms with van der Waals surface area (Å²) in [4.78, 5) is 24.9. The van der Waals surface area contributed by atoms with Crippen molar-refractivity contribution in [1.29, 1.82) is 0 Å². The lowest BCUT2D eigenvalue weighted by molar-refractivity contribution is -0.145. The summed E-state index contributed by atoms with van der Waals surface area (Å²) in [5.41, 5.74) is -0.543. The van der Waals surface area contributed by atoms with Gasteiger partial charge in [-0.1, -0.05) is 6.92 Å². The summed E-state index contributed by atoms with van der Waals surface area (Å²) in [6.45, 7) is 1.41. The molecule has 1 saturated heterocycles. The third-order valence-electron chi connectivity index (χ3n) is 3.59. The highest BCUT2D eigenvalue weighted by molar-refractivity contribution is 5.88. The second-order valence-corrected chi connectivity index (χ2v) is 5.11. The van der Waals surface area contributed by atoms with Crippen LogP contribution < -0.4 is 10.6 Å². The molecule has 0 aromatic carbocycles. The molecule has 0 aliphatic carbocycles. The van der Waals surface area contributed by atoms with E-state index in [4.69, 9.17) is 0 Å². The second kappa shape index (κ2) is 6.43. The predicted octanol–water partition coefficient (Wildman–Crippen LogP) is 0.513. The average Bonchev–Trinajstić information content (AvgIpc) is 2.84. The van der Waals surface area contributed by atoms with Crippen LogP contribution in [0, 0.1) is 5.41 Å². The summed E-state index contributed by atoms with van der Waals surface area (Å²) >= 11 is 0. The van der Waals surface area contributed by atoms with E-state index in [1.807, 2.05) is 6.92 Å². The molecule has 1 atom stereocenters. The molecule has 0 bridgehead atoms. The molecule has 8 heteroatoms. The molecule has 1 aliphatic rings. The Bertz CT molecular complexity index is 365. The number of halogens is 3. The molecular weight excluding hydrogens is 275 g/mol. The summed E-state index contributed by atoms with van der Waals surface area (Å²) in [6.07, 6.45) is -3.14.